The molecule has 0 unspecified atom stereocenters. The van der Waals surface area contributed by atoms with E-state index in [0.717, 1.165) is 0 Å². The Morgan fingerprint density at radius 1 is 1.38 bits per heavy atom. The summed E-state index contributed by atoms with van der Waals surface area (Å²) >= 11 is 0. The number of hydrogen-bond donors (Lipinski definition) is 0. The Labute approximate surface area is 66.2 Å². The molecule has 8 heavy (non-hydrogen) atoms. The van der Waals surface area contributed by atoms with E-state index in [2.05, 4.69) is 4.52 Å². The molecule has 0 fully saturated rings. The second-order valence-corrected chi connectivity index (χ2v) is 2.61. The van der Waals surface area contributed by atoms with Crippen LogP contribution in [0, 0.1) is 0 Å². The summed E-state index contributed by atoms with van der Waals surface area (Å²) in [7, 11) is -0.241. The van der Waals surface area contributed by atoms with Crippen molar-refractivity contribution in [1.29, 1.82) is 0 Å². The van der Waals surface area contributed by atoms with Gasteiger partial charge in [-0.25, -0.2) is 4.57 Å². The first kappa shape index (κ1) is 11.6. The van der Waals surface area contributed by atoms with Crippen LogP contribution in [-0.2, 0) is 30.8 Å². The minimum absolute atomic E-state index is 0. The predicted molar refractivity (Wildman–Crippen MR) is 28.4 cm³/mol. The van der Waals surface area contributed by atoms with Crippen molar-refractivity contribution >= 4 is 8.69 Å². The van der Waals surface area contributed by atoms with Gasteiger partial charge in [-0.3, -0.25) is 4.52 Å². The average molecular weight is 168 g/mol. The molecule has 0 N–H and O–H groups in total. The Morgan fingerprint density at radius 3 is 1.75 bits per heavy atom. The molecule has 0 spiro atoms. The molecule has 2 nitrogen and oxygen atoms in total. The van der Waals surface area contributed by atoms with Gasteiger partial charge < -0.3 is 0 Å². The maximum atomic E-state index is 9.70. The van der Waals surface area contributed by atoms with E-state index in [-0.39, 0.29) is 36.0 Å². The van der Waals surface area contributed by atoms with Gasteiger partial charge in [-0.1, -0.05) is 0 Å². The predicted octanol–water partition coefficient (Wildman–Crippen LogP) is 2.01. The second kappa shape index (κ2) is 4.63. The zero-order valence-electron chi connectivity index (χ0n) is 5.26. The molecule has 0 aliphatic rings. The monoisotopic (exact) mass is 168 g/mol. The van der Waals surface area contributed by atoms with Gasteiger partial charge in [0.05, 0.1) is 5.60 Å². The molecule has 4 heteroatoms. The minimum Gasteiger partial charge on any atom is -0.289 e. The zero-order chi connectivity index (χ0) is 5.91. The average Bonchev–Trinajstić information content (AvgIpc) is 1.30. The van der Waals surface area contributed by atoms with Gasteiger partial charge in [0.25, 0.3) is 0 Å². The molecule has 0 rings (SSSR count). The molecule has 46 valence electrons. The van der Waals surface area contributed by atoms with Gasteiger partial charge in [0.15, 0.2) is 0 Å². The summed E-state index contributed by atoms with van der Waals surface area (Å²) in [6.45, 7) is 5.54. The first-order chi connectivity index (χ1) is 3.06. The molecule has 0 radical (unpaired) electrons. The van der Waals surface area contributed by atoms with Crippen LogP contribution >= 0.6 is 8.69 Å². The summed E-state index contributed by atoms with van der Waals surface area (Å²) < 4.78 is 14.3. The van der Waals surface area contributed by atoms with E-state index in [1.54, 1.807) is 0 Å². The van der Waals surface area contributed by atoms with Crippen LogP contribution < -0.4 is 0 Å². The smallest absolute Gasteiger partial charge is 0.289 e. The van der Waals surface area contributed by atoms with Crippen molar-refractivity contribution in [2.24, 2.45) is 0 Å². The van der Waals surface area contributed by atoms with Gasteiger partial charge in [-0.2, -0.15) is 0 Å². The Balaban J connectivity index is 0. The third-order valence-corrected chi connectivity index (χ3v) is 0.933. The van der Waals surface area contributed by atoms with Crippen LogP contribution in [0.2, 0.25) is 0 Å². The molecule has 0 saturated heterocycles. The van der Waals surface area contributed by atoms with E-state index in [0.29, 0.717) is 0 Å². The molecule has 0 amide bonds. The van der Waals surface area contributed by atoms with Gasteiger partial charge in [-0.15, -0.1) is 0 Å². The number of hydrogen-bond acceptors (Lipinski definition) is 2. The summed E-state index contributed by atoms with van der Waals surface area (Å²) in [6, 6.07) is 0. The maximum absolute atomic E-state index is 9.70. The van der Waals surface area contributed by atoms with E-state index in [1.165, 1.54) is 0 Å². The van der Waals surface area contributed by atoms with Crippen molar-refractivity contribution in [2.75, 3.05) is 0 Å². The Morgan fingerprint density at radius 2 is 1.75 bits per heavy atom. The molecule has 0 atom stereocenters. The standard InChI is InChI=1S/C4H9O2P.Ti/c1-4(2,3)6-7-5;/h1-3H3;. The normalized spacial score (nSPS) is 10.9. The van der Waals surface area contributed by atoms with Crippen LogP contribution in [0.5, 0.6) is 0 Å². The molecule has 0 aliphatic heterocycles. The summed E-state index contributed by atoms with van der Waals surface area (Å²) in [4.78, 5) is 0. The molecule has 0 heterocycles. The quantitative estimate of drug-likeness (QED) is 0.442. The second-order valence-electron chi connectivity index (χ2n) is 2.28. The van der Waals surface area contributed by atoms with Gasteiger partial charge >= 0.3 is 8.69 Å². The Kier molecular flexibility index (Phi) is 6.69. The Hall–Kier alpha value is 0.774. The molecule has 0 aromatic carbocycles. The van der Waals surface area contributed by atoms with E-state index >= 15 is 0 Å². The fourth-order valence-electron chi connectivity index (χ4n) is 0.112. The van der Waals surface area contributed by atoms with Crippen molar-refractivity contribution < 1.29 is 30.8 Å². The first-order valence-electron chi connectivity index (χ1n) is 2.07. The van der Waals surface area contributed by atoms with E-state index in [4.69, 9.17) is 0 Å². The molecular formula is C4H9O2PTi. The van der Waals surface area contributed by atoms with Crippen LogP contribution in [0.15, 0.2) is 0 Å². The summed E-state index contributed by atoms with van der Waals surface area (Å²) in [5.74, 6) is 0. The summed E-state index contributed by atoms with van der Waals surface area (Å²) in [6.07, 6.45) is 0. The molecule has 0 aromatic heterocycles. The third kappa shape index (κ3) is 9.91. The van der Waals surface area contributed by atoms with E-state index < -0.39 is 0 Å². The van der Waals surface area contributed by atoms with Gasteiger partial charge in [-0.05, 0) is 20.8 Å². The van der Waals surface area contributed by atoms with Gasteiger partial charge in [0.2, 0.25) is 0 Å². The SMILES string of the molecule is CC(C)(C)OP=O.[Ti]. The van der Waals surface area contributed by atoms with Crippen molar-refractivity contribution in [1.82, 2.24) is 0 Å². The van der Waals surface area contributed by atoms with Crippen molar-refractivity contribution in [3.05, 3.63) is 0 Å². The van der Waals surface area contributed by atoms with Crippen LogP contribution in [-0.4, -0.2) is 5.60 Å². The fourth-order valence-corrected chi connectivity index (χ4v) is 0.335. The first-order valence-corrected chi connectivity index (χ1v) is 2.80. The van der Waals surface area contributed by atoms with Crippen LogP contribution in [0.1, 0.15) is 20.8 Å². The molecule has 0 aromatic rings. The fraction of sp³-hybridized carbons (Fsp3) is 1.00. The van der Waals surface area contributed by atoms with Gasteiger partial charge in [0, 0.05) is 21.7 Å². The zero-order valence-corrected chi connectivity index (χ0v) is 7.72. The van der Waals surface area contributed by atoms with Crippen molar-refractivity contribution in [3.8, 4) is 0 Å². The summed E-state index contributed by atoms with van der Waals surface area (Å²) in [5.41, 5.74) is -0.274. The van der Waals surface area contributed by atoms with E-state index in [1.807, 2.05) is 20.8 Å². The minimum atomic E-state index is -0.274. The molecule has 0 aliphatic carbocycles. The largest absolute Gasteiger partial charge is 0.327 e. The number of rotatable bonds is 1. The maximum Gasteiger partial charge on any atom is 0.327 e. The van der Waals surface area contributed by atoms with Crippen LogP contribution in [0.4, 0.5) is 0 Å². The van der Waals surface area contributed by atoms with Gasteiger partial charge in [0.1, 0.15) is 0 Å². The van der Waals surface area contributed by atoms with E-state index in [9.17, 15) is 4.57 Å². The van der Waals surface area contributed by atoms with Crippen LogP contribution in [0.25, 0.3) is 0 Å². The van der Waals surface area contributed by atoms with Crippen molar-refractivity contribution in [2.45, 2.75) is 26.4 Å². The topological polar surface area (TPSA) is 26.3 Å². The molecule has 0 bridgehead atoms. The molecular weight excluding hydrogens is 159 g/mol. The Bertz CT molecular complexity index is 68.9. The van der Waals surface area contributed by atoms with Crippen LogP contribution in [0.3, 0.4) is 0 Å². The van der Waals surface area contributed by atoms with Crippen molar-refractivity contribution in [3.63, 3.8) is 0 Å². The molecule has 0 saturated carbocycles. The summed E-state index contributed by atoms with van der Waals surface area (Å²) in [5, 5.41) is 0. The third-order valence-electron chi connectivity index (χ3n) is 0.311.